The number of carbonyl (C=O) groups excluding carboxylic acids is 4. The number of rotatable bonds is 25. The highest BCUT2D eigenvalue weighted by Gasteiger charge is 2.54. The van der Waals surface area contributed by atoms with E-state index >= 15 is 0 Å². The zero-order valence-corrected chi connectivity index (χ0v) is 52.9. The van der Waals surface area contributed by atoms with E-state index in [1.165, 1.54) is 18.2 Å². The van der Waals surface area contributed by atoms with Crippen LogP contribution in [0.2, 0.25) is 0 Å². The Labute approximate surface area is 580 Å². The lowest BCUT2D eigenvalue weighted by atomic mass is 9.87. The van der Waals surface area contributed by atoms with Gasteiger partial charge < -0.3 is 149 Å². The van der Waals surface area contributed by atoms with Gasteiger partial charge in [0.25, 0.3) is 0 Å². The Morgan fingerprint density at radius 1 is 0.510 bits per heavy atom. The molecule has 9 rings (SSSR count). The fourth-order valence-electron chi connectivity index (χ4n) is 11.0. The van der Waals surface area contributed by atoms with Gasteiger partial charge >= 0.3 is 41.8 Å². The van der Waals surface area contributed by atoms with Crippen molar-refractivity contribution in [2.45, 2.75) is 141 Å². The fraction of sp³-hybridized carbons (Fsp3) is 0.406. The Morgan fingerprint density at radius 2 is 1.09 bits per heavy atom. The molecule has 3 aromatic rings. The van der Waals surface area contributed by atoms with E-state index in [1.54, 1.807) is 0 Å². The maximum atomic E-state index is 14.6. The van der Waals surface area contributed by atoms with Crippen molar-refractivity contribution in [3.05, 3.63) is 117 Å². The van der Waals surface area contributed by atoms with Crippen LogP contribution in [0.3, 0.4) is 0 Å². The quantitative estimate of drug-likeness (QED) is 0.00494. The molecule has 0 saturated carbocycles. The molecule has 40 heteroatoms. The maximum absolute atomic E-state index is 14.6. The Kier molecular flexibility index (Phi) is 24.9. The number of carbonyl (C=O) groups is 7. The van der Waals surface area contributed by atoms with Crippen LogP contribution >= 0.6 is 0 Å². The number of benzene rings is 4. The minimum Gasteiger partial charge on any atom is -0.508 e. The van der Waals surface area contributed by atoms with E-state index in [1.807, 2.05) is 0 Å². The van der Waals surface area contributed by atoms with Crippen molar-refractivity contribution in [1.29, 1.82) is 0 Å². The van der Waals surface area contributed by atoms with Crippen molar-refractivity contribution in [2.24, 2.45) is 0 Å². The molecule has 20 N–H and O–H groups in total. The van der Waals surface area contributed by atoms with Crippen LogP contribution in [0, 0.1) is 0 Å². The predicted molar refractivity (Wildman–Crippen MR) is 328 cm³/mol. The summed E-state index contributed by atoms with van der Waals surface area (Å²) in [5, 5.41) is 211. The molecule has 1 aliphatic carbocycles. The van der Waals surface area contributed by atoms with Crippen LogP contribution in [0.4, 0.5) is 0 Å². The predicted octanol–water partition coefficient (Wildman–Crippen LogP) is -5.09. The molecule has 0 amide bonds. The molecule has 3 aromatic carbocycles. The van der Waals surface area contributed by atoms with Gasteiger partial charge in [0.2, 0.25) is 18.7 Å². The highest BCUT2D eigenvalue weighted by Crippen LogP contribution is 2.46. The van der Waals surface area contributed by atoms with Gasteiger partial charge in [-0.2, -0.15) is 4.89 Å². The van der Waals surface area contributed by atoms with Crippen molar-refractivity contribution in [3.63, 3.8) is 0 Å². The summed E-state index contributed by atoms with van der Waals surface area (Å²) < 4.78 is 55.5. The first-order valence-electron chi connectivity index (χ1n) is 30.6. The molecular formula is C64H66O40. The van der Waals surface area contributed by atoms with Gasteiger partial charge in [0.05, 0.1) is 12.2 Å². The first kappa shape index (κ1) is 78.1. The second-order valence-electron chi connectivity index (χ2n) is 23.6. The molecule has 0 spiro atoms. The first-order chi connectivity index (χ1) is 49.1. The van der Waals surface area contributed by atoms with E-state index in [0.29, 0.717) is 0 Å². The molecule has 562 valence electrons. The number of aliphatic carboxylic acids is 3. The Bertz CT molecular complexity index is 4060. The average molecular weight is 1480 g/mol. The molecule has 2 unspecified atom stereocenters. The van der Waals surface area contributed by atoms with Crippen LogP contribution in [-0.2, 0) is 81.2 Å². The SMILES string of the molecule is O=C(C=Cc1ccc(O)c(O)c1)OC[C@H]1O[C@@H](Oc2cc3oc(-c4ccc(O)c([C@@H]5O[C@H](C(=O)O)[C@@H](O)[C@H](O)[C@H]5O)c4)c([C@@H]4O[C@H](COC(=O)CC(=O)OC(C(=O)O)C(O)C(=O)O)[C@H](O)[C@H](O)[C@H]4OO[C@@H]4O[C@H](CO)[C@@H](O)[C@H](O)[C@H]4OC(=O)C=Cc4ccc(O)c(O)c4)cc-3c(=O)c2)[C@H](O)[C@@H](O)[C@@H]1O. The molecular weight excluding hydrogens is 1410 g/mol. The molecule has 40 nitrogen and oxygen atoms in total. The fourth-order valence-corrected chi connectivity index (χ4v) is 11.0. The van der Waals surface area contributed by atoms with Gasteiger partial charge in [-0.25, -0.2) is 28.9 Å². The summed E-state index contributed by atoms with van der Waals surface area (Å²) in [5.74, 6) is -16.8. The van der Waals surface area contributed by atoms with Crippen LogP contribution in [0.1, 0.15) is 40.9 Å². The Hall–Kier alpha value is -10.1. The molecule has 0 bridgehead atoms. The number of aromatic hydroxyl groups is 5. The summed E-state index contributed by atoms with van der Waals surface area (Å²) in [4.78, 5) is 113. The Balaban J connectivity index is 1.12. The molecule has 6 aliphatic rings. The van der Waals surface area contributed by atoms with Crippen LogP contribution < -0.4 is 10.2 Å². The largest absolute Gasteiger partial charge is 0.508 e. The van der Waals surface area contributed by atoms with Crippen molar-refractivity contribution >= 4 is 53.9 Å². The van der Waals surface area contributed by atoms with Gasteiger partial charge in [-0.3, -0.25) is 14.4 Å². The number of fused-ring (bicyclic) bond motifs is 1. The normalized spacial score (nSPS) is 29.9. The van der Waals surface area contributed by atoms with Gasteiger partial charge in [0.15, 0.2) is 52.8 Å². The third-order valence-electron chi connectivity index (χ3n) is 16.5. The van der Waals surface area contributed by atoms with Gasteiger partial charge in [-0.05, 0) is 71.8 Å². The van der Waals surface area contributed by atoms with Crippen LogP contribution in [-0.4, -0.2) is 286 Å². The van der Waals surface area contributed by atoms with Gasteiger partial charge in [0, 0.05) is 41.0 Å². The minimum atomic E-state index is -2.85. The topological polar surface area (TPSA) is 656 Å². The molecule has 0 aromatic heterocycles. The molecule has 0 radical (unpaired) electrons. The lowest BCUT2D eigenvalue weighted by Crippen LogP contribution is -2.61. The van der Waals surface area contributed by atoms with E-state index in [0.717, 1.165) is 78.9 Å². The molecule has 22 atom stereocenters. The number of phenols is 5. The zero-order chi connectivity index (χ0) is 76.0. The molecule has 5 heterocycles. The molecule has 4 fully saturated rings. The van der Waals surface area contributed by atoms with Crippen molar-refractivity contribution in [3.8, 4) is 57.1 Å². The van der Waals surface area contributed by atoms with Gasteiger partial charge in [-0.1, -0.05) is 12.1 Å². The summed E-state index contributed by atoms with van der Waals surface area (Å²) in [7, 11) is 0. The average Bonchev–Trinajstić information content (AvgIpc) is 0.738. The van der Waals surface area contributed by atoms with Crippen LogP contribution in [0.15, 0.2) is 94.2 Å². The summed E-state index contributed by atoms with van der Waals surface area (Å²) in [6.07, 6.45) is -46.9. The van der Waals surface area contributed by atoms with Crippen LogP contribution in [0.5, 0.6) is 34.5 Å². The molecule has 4 saturated heterocycles. The van der Waals surface area contributed by atoms with E-state index in [9.17, 15) is 135 Å². The van der Waals surface area contributed by atoms with E-state index in [-0.39, 0.29) is 11.1 Å². The number of carboxylic acid groups (broad SMARTS) is 3. The van der Waals surface area contributed by atoms with Crippen molar-refractivity contribution in [2.75, 3.05) is 19.8 Å². The highest BCUT2D eigenvalue weighted by molar-refractivity contribution is 5.93. The second kappa shape index (κ2) is 33.2. The molecule has 5 aliphatic heterocycles. The zero-order valence-electron chi connectivity index (χ0n) is 52.9. The summed E-state index contributed by atoms with van der Waals surface area (Å²) >= 11 is 0. The smallest absolute Gasteiger partial charge is 0.348 e. The maximum Gasteiger partial charge on any atom is 0.348 e. The Morgan fingerprint density at radius 3 is 1.70 bits per heavy atom. The lowest BCUT2D eigenvalue weighted by Gasteiger charge is -2.44. The number of aliphatic hydroxyl groups is 12. The number of phenolic OH excluding ortho intramolecular Hbond substituents is 5. The number of hydrogen-bond acceptors (Lipinski definition) is 37. The number of esters is 4. The van der Waals surface area contributed by atoms with Crippen LogP contribution in [0.25, 0.3) is 34.8 Å². The minimum absolute atomic E-state index is 0.0984. The third kappa shape index (κ3) is 17.6. The summed E-state index contributed by atoms with van der Waals surface area (Å²) in [5.41, 5.74) is -2.94. The number of aliphatic hydroxyl groups excluding tert-OH is 12. The number of hydrogen-bond donors (Lipinski definition) is 20. The third-order valence-corrected chi connectivity index (χ3v) is 16.5. The van der Waals surface area contributed by atoms with Gasteiger partial charge in [-0.15, -0.1) is 0 Å². The first-order valence-corrected chi connectivity index (χ1v) is 30.6. The molecule has 104 heavy (non-hydrogen) atoms. The lowest BCUT2D eigenvalue weighted by molar-refractivity contribution is -0.460. The summed E-state index contributed by atoms with van der Waals surface area (Å²) in [6.45, 7) is -3.20. The van der Waals surface area contributed by atoms with E-state index in [2.05, 4.69) is 4.74 Å². The highest BCUT2D eigenvalue weighted by atomic mass is 17.2. The monoisotopic (exact) mass is 1470 g/mol. The van der Waals surface area contributed by atoms with E-state index in [4.69, 9.17) is 57.2 Å². The summed E-state index contributed by atoms with van der Waals surface area (Å²) in [6, 6.07) is 12.3. The number of ether oxygens (including phenoxy) is 9. The number of carboxylic acids is 3. The van der Waals surface area contributed by atoms with Gasteiger partial charge in [0.1, 0.15) is 134 Å². The second-order valence-corrected chi connectivity index (χ2v) is 23.6. The standard InChI is InChI=1S/C64H66O40/c65-18-35-42(76)48(82)59(100-39(73)10-4-22-2-7-30(68)33(71)12-22)64(98-35)104-103-56-47(81)44(78)36(19-94-40(74)17-41(75)101-58(62(91)92)52(86)60(87)88)97-55(56)27-16-25-31(69)14-24(95-63-51(85)45(79)43(77)37(99-63)20-93-38(72)9-3-21-1-6-29(67)32(70)11-21)15-34(25)96-53(27)23-5-8-28(66)26(13-23)54-49(83)46(80)50(84)57(102-54)61(89)90/h1-16,35-37,42-52,54-59,63-68,70-71,76-86H,17-20H2,(H,87,88)(H,89,90)(H,91,92)/t35-,36-,37-,42-,43-,44+,45+,46-,47+,48+,49-,50+,51-,52?,54+,55+,56-,57+,58?,59-,63-,64+/m1/s1. The van der Waals surface area contributed by atoms with Crippen molar-refractivity contribution < 1.29 is 193 Å². The van der Waals surface area contributed by atoms with Crippen molar-refractivity contribution in [1.82, 2.24) is 0 Å². The van der Waals surface area contributed by atoms with E-state index < -0.39 is 276 Å².